The fourth-order valence-electron chi connectivity index (χ4n) is 4.10. The van der Waals surface area contributed by atoms with E-state index in [1.54, 1.807) is 11.9 Å². The van der Waals surface area contributed by atoms with Crippen LogP contribution in [-0.2, 0) is 14.4 Å². The molecule has 0 aromatic heterocycles. The molecule has 2 atom stereocenters. The van der Waals surface area contributed by atoms with E-state index in [4.69, 9.17) is 5.11 Å². The topological polar surface area (TPSA) is 77.9 Å². The number of piperidine rings is 1. The van der Waals surface area contributed by atoms with Crippen LogP contribution in [0.3, 0.4) is 0 Å². The molecule has 142 valence electrons. The Kier molecular flexibility index (Phi) is 7.26. The highest BCUT2D eigenvalue weighted by molar-refractivity contribution is 5.85. The molecule has 2 amide bonds. The third-order valence-electron chi connectivity index (χ3n) is 5.87. The molecule has 1 aliphatic heterocycles. The van der Waals surface area contributed by atoms with Gasteiger partial charge in [-0.3, -0.25) is 14.4 Å². The molecule has 0 spiro atoms. The van der Waals surface area contributed by atoms with Crippen LogP contribution in [0.25, 0.3) is 0 Å². The number of carboxylic acids is 1. The quantitative estimate of drug-likeness (QED) is 0.796. The Morgan fingerprint density at radius 1 is 1.12 bits per heavy atom. The van der Waals surface area contributed by atoms with E-state index < -0.39 is 11.9 Å². The number of rotatable bonds is 6. The Morgan fingerprint density at radius 3 is 2.44 bits per heavy atom. The molecule has 2 rings (SSSR count). The highest BCUT2D eigenvalue weighted by atomic mass is 16.4. The zero-order valence-corrected chi connectivity index (χ0v) is 15.6. The second-order valence-electron chi connectivity index (χ2n) is 7.85. The van der Waals surface area contributed by atoms with Crippen molar-refractivity contribution in [1.82, 2.24) is 9.80 Å². The molecule has 1 aliphatic carbocycles. The summed E-state index contributed by atoms with van der Waals surface area (Å²) in [5.74, 6) is -0.476. The highest BCUT2D eigenvalue weighted by Gasteiger charge is 2.29. The first-order valence-corrected chi connectivity index (χ1v) is 9.63. The number of nitrogens with zero attached hydrogens (tertiary/aromatic N) is 2. The molecule has 1 N–H and O–H groups in total. The van der Waals surface area contributed by atoms with Crippen LogP contribution in [0.4, 0.5) is 0 Å². The Hall–Kier alpha value is -1.59. The van der Waals surface area contributed by atoms with Gasteiger partial charge in [-0.2, -0.15) is 0 Å². The summed E-state index contributed by atoms with van der Waals surface area (Å²) in [5, 5.41) is 9.13. The smallest absolute Gasteiger partial charge is 0.308 e. The molecule has 0 aromatic rings. The standard InChI is InChI=1S/C19H32N2O4/c1-14(15-7-4-3-5-8-15)11-17(22)20(2)13-18(23)21-10-6-9-16(12-21)19(24)25/h14-16H,3-13H2,1-2H3,(H,24,25). The molecule has 6 nitrogen and oxygen atoms in total. The summed E-state index contributed by atoms with van der Waals surface area (Å²) in [6.07, 6.45) is 8.06. The van der Waals surface area contributed by atoms with E-state index in [1.807, 2.05) is 0 Å². The second kappa shape index (κ2) is 9.20. The van der Waals surface area contributed by atoms with E-state index in [1.165, 1.54) is 37.0 Å². The molecule has 0 bridgehead atoms. The van der Waals surface area contributed by atoms with Gasteiger partial charge in [-0.15, -0.1) is 0 Å². The van der Waals surface area contributed by atoms with Crippen molar-refractivity contribution < 1.29 is 19.5 Å². The fraction of sp³-hybridized carbons (Fsp3) is 0.842. The van der Waals surface area contributed by atoms with E-state index in [-0.39, 0.29) is 24.9 Å². The number of amides is 2. The first kappa shape index (κ1) is 19.7. The summed E-state index contributed by atoms with van der Waals surface area (Å²) in [6, 6.07) is 0. The Balaban J connectivity index is 1.79. The van der Waals surface area contributed by atoms with Crippen molar-refractivity contribution in [3.8, 4) is 0 Å². The molecule has 1 saturated carbocycles. The molecule has 2 unspecified atom stereocenters. The SMILES string of the molecule is CC(CC(=O)N(C)CC(=O)N1CCCC(C(=O)O)C1)C1CCCCC1. The lowest BCUT2D eigenvalue weighted by atomic mass is 9.79. The van der Waals surface area contributed by atoms with Gasteiger partial charge >= 0.3 is 5.97 Å². The maximum atomic E-state index is 12.4. The van der Waals surface area contributed by atoms with Gasteiger partial charge in [0.1, 0.15) is 0 Å². The molecular formula is C19H32N2O4. The maximum Gasteiger partial charge on any atom is 0.308 e. The number of hydrogen-bond acceptors (Lipinski definition) is 3. The normalized spacial score (nSPS) is 23.1. The number of likely N-dealkylation sites (tertiary alicyclic amines) is 1. The van der Waals surface area contributed by atoms with Crippen LogP contribution in [0, 0.1) is 17.8 Å². The minimum atomic E-state index is -0.844. The number of hydrogen-bond donors (Lipinski definition) is 1. The monoisotopic (exact) mass is 352 g/mol. The molecule has 6 heteroatoms. The summed E-state index contributed by atoms with van der Waals surface area (Å²) in [5.41, 5.74) is 0. The predicted octanol–water partition coefficient (Wildman–Crippen LogP) is 2.37. The van der Waals surface area contributed by atoms with Crippen LogP contribution in [0.1, 0.15) is 58.3 Å². The molecule has 0 radical (unpaired) electrons. The highest BCUT2D eigenvalue weighted by Crippen LogP contribution is 2.31. The van der Waals surface area contributed by atoms with Crippen LogP contribution in [0.15, 0.2) is 0 Å². The average molecular weight is 352 g/mol. The third kappa shape index (κ3) is 5.72. The van der Waals surface area contributed by atoms with Gasteiger partial charge < -0.3 is 14.9 Å². The average Bonchev–Trinajstić information content (AvgIpc) is 2.62. The number of carbonyl (C=O) groups is 3. The van der Waals surface area contributed by atoms with Crippen LogP contribution >= 0.6 is 0 Å². The maximum absolute atomic E-state index is 12.4. The van der Waals surface area contributed by atoms with E-state index in [2.05, 4.69) is 6.92 Å². The van der Waals surface area contributed by atoms with Crippen molar-refractivity contribution in [3.05, 3.63) is 0 Å². The molecular weight excluding hydrogens is 320 g/mol. The van der Waals surface area contributed by atoms with Crippen molar-refractivity contribution in [2.75, 3.05) is 26.7 Å². The Morgan fingerprint density at radius 2 is 1.80 bits per heavy atom. The Bertz CT molecular complexity index is 488. The summed E-state index contributed by atoms with van der Waals surface area (Å²) in [4.78, 5) is 39.1. The summed E-state index contributed by atoms with van der Waals surface area (Å²) < 4.78 is 0. The van der Waals surface area contributed by atoms with Gasteiger partial charge in [-0.25, -0.2) is 0 Å². The lowest BCUT2D eigenvalue weighted by Gasteiger charge is -2.32. The number of carboxylic acid groups (broad SMARTS) is 1. The van der Waals surface area contributed by atoms with Crippen molar-refractivity contribution in [2.24, 2.45) is 17.8 Å². The van der Waals surface area contributed by atoms with Crippen molar-refractivity contribution >= 4 is 17.8 Å². The minimum Gasteiger partial charge on any atom is -0.481 e. The first-order chi connectivity index (χ1) is 11.9. The minimum absolute atomic E-state index is 0.0122. The van der Waals surface area contributed by atoms with Gasteiger partial charge in [-0.1, -0.05) is 39.0 Å². The van der Waals surface area contributed by atoms with Gasteiger partial charge in [-0.05, 0) is 24.7 Å². The zero-order valence-electron chi connectivity index (χ0n) is 15.6. The largest absolute Gasteiger partial charge is 0.481 e. The van der Waals surface area contributed by atoms with E-state index in [0.29, 0.717) is 37.6 Å². The number of carbonyl (C=O) groups excluding carboxylic acids is 2. The molecule has 2 aliphatic rings. The Labute approximate surface area is 150 Å². The lowest BCUT2D eigenvalue weighted by molar-refractivity contribution is -0.147. The van der Waals surface area contributed by atoms with Crippen LogP contribution in [0.2, 0.25) is 0 Å². The van der Waals surface area contributed by atoms with Crippen LogP contribution in [0.5, 0.6) is 0 Å². The van der Waals surface area contributed by atoms with Crippen LogP contribution < -0.4 is 0 Å². The van der Waals surface area contributed by atoms with Crippen molar-refractivity contribution in [3.63, 3.8) is 0 Å². The predicted molar refractivity (Wildman–Crippen MR) is 94.9 cm³/mol. The van der Waals surface area contributed by atoms with Crippen LogP contribution in [-0.4, -0.2) is 59.4 Å². The van der Waals surface area contributed by atoms with Crippen molar-refractivity contribution in [2.45, 2.75) is 58.3 Å². The van der Waals surface area contributed by atoms with E-state index in [9.17, 15) is 14.4 Å². The second-order valence-corrected chi connectivity index (χ2v) is 7.85. The van der Waals surface area contributed by atoms with Gasteiger partial charge in [0.15, 0.2) is 0 Å². The van der Waals surface area contributed by atoms with Gasteiger partial charge in [0.25, 0.3) is 0 Å². The summed E-state index contributed by atoms with van der Waals surface area (Å²) in [6.45, 7) is 3.03. The van der Waals surface area contributed by atoms with E-state index in [0.717, 1.165) is 0 Å². The number of aliphatic carboxylic acids is 1. The summed E-state index contributed by atoms with van der Waals surface area (Å²) in [7, 11) is 1.67. The lowest BCUT2D eigenvalue weighted by Crippen LogP contribution is -2.47. The fourth-order valence-corrected chi connectivity index (χ4v) is 4.10. The molecule has 0 aromatic carbocycles. The van der Waals surface area contributed by atoms with Gasteiger partial charge in [0, 0.05) is 26.6 Å². The van der Waals surface area contributed by atoms with Gasteiger partial charge in [0.05, 0.1) is 12.5 Å². The zero-order chi connectivity index (χ0) is 18.4. The number of likely N-dealkylation sites (N-methyl/N-ethyl adjacent to an activating group) is 1. The van der Waals surface area contributed by atoms with Gasteiger partial charge in [0.2, 0.25) is 11.8 Å². The van der Waals surface area contributed by atoms with Crippen molar-refractivity contribution in [1.29, 1.82) is 0 Å². The molecule has 1 heterocycles. The molecule has 25 heavy (non-hydrogen) atoms. The molecule has 1 saturated heterocycles. The molecule has 2 fully saturated rings. The van der Waals surface area contributed by atoms with E-state index >= 15 is 0 Å². The third-order valence-corrected chi connectivity index (χ3v) is 5.87. The first-order valence-electron chi connectivity index (χ1n) is 9.63. The summed E-state index contributed by atoms with van der Waals surface area (Å²) >= 11 is 0.